The lowest BCUT2D eigenvalue weighted by atomic mass is 9.72. The van der Waals surface area contributed by atoms with Crippen LogP contribution in [0.25, 0.3) is 0 Å². The molecule has 6 nitrogen and oxygen atoms in total. The Balaban J connectivity index is 1.67. The Labute approximate surface area is 173 Å². The zero-order valence-electron chi connectivity index (χ0n) is 16.1. The molecule has 1 aromatic heterocycles. The van der Waals surface area contributed by atoms with Crippen molar-refractivity contribution in [2.75, 3.05) is 17.3 Å². The Bertz CT molecular complexity index is 1170. The third-order valence-electron chi connectivity index (χ3n) is 5.89. The average Bonchev–Trinajstić information content (AvgIpc) is 3.18. The number of likely N-dealkylation sites (N-methyl/N-ethyl adjacent to an activating group) is 1. The number of amides is 2. The van der Waals surface area contributed by atoms with E-state index < -0.39 is 5.41 Å². The molecule has 2 aliphatic heterocycles. The molecular weight excluding hydrogens is 388 g/mol. The van der Waals surface area contributed by atoms with Gasteiger partial charge in [0.15, 0.2) is 0 Å². The van der Waals surface area contributed by atoms with Gasteiger partial charge >= 0.3 is 0 Å². The molecule has 0 fully saturated rings. The van der Waals surface area contributed by atoms with Crippen LogP contribution in [-0.2, 0) is 21.5 Å². The summed E-state index contributed by atoms with van der Waals surface area (Å²) in [4.78, 5) is 27.8. The van der Waals surface area contributed by atoms with Gasteiger partial charge in [-0.25, -0.2) is 4.68 Å². The lowest BCUT2D eigenvalue weighted by Gasteiger charge is -2.32. The number of carbonyl (C=O) groups excluding carboxylic acids is 2. The summed E-state index contributed by atoms with van der Waals surface area (Å²) in [5.74, 6) is 0.217. The molecule has 1 N–H and O–H groups in total. The molecular formula is C22H19ClN4O2. The molecule has 7 heteroatoms. The van der Waals surface area contributed by atoms with Crippen molar-refractivity contribution in [2.45, 2.75) is 25.3 Å². The summed E-state index contributed by atoms with van der Waals surface area (Å²) in [7, 11) is 1.73. The van der Waals surface area contributed by atoms with Gasteiger partial charge in [-0.3, -0.25) is 9.59 Å². The van der Waals surface area contributed by atoms with Gasteiger partial charge in [0.1, 0.15) is 11.2 Å². The minimum Gasteiger partial charge on any atom is -0.314 e. The van der Waals surface area contributed by atoms with Crippen molar-refractivity contribution in [3.05, 3.63) is 75.9 Å². The summed E-state index contributed by atoms with van der Waals surface area (Å²) < 4.78 is 1.74. The van der Waals surface area contributed by atoms with E-state index in [9.17, 15) is 9.59 Å². The van der Waals surface area contributed by atoms with Crippen molar-refractivity contribution in [2.24, 2.45) is 0 Å². The summed E-state index contributed by atoms with van der Waals surface area (Å²) in [6.45, 7) is 2.53. The third-order valence-corrected chi connectivity index (χ3v) is 6.12. The normalized spacial score (nSPS) is 20.0. The van der Waals surface area contributed by atoms with Crippen molar-refractivity contribution < 1.29 is 9.59 Å². The molecule has 0 bridgehead atoms. The van der Waals surface area contributed by atoms with Gasteiger partial charge in [0.2, 0.25) is 11.8 Å². The van der Waals surface area contributed by atoms with Gasteiger partial charge in [-0.15, -0.1) is 0 Å². The first-order valence-electron chi connectivity index (χ1n) is 9.40. The fourth-order valence-corrected chi connectivity index (χ4v) is 4.58. The van der Waals surface area contributed by atoms with Crippen molar-refractivity contribution in [1.29, 1.82) is 0 Å². The predicted molar refractivity (Wildman–Crippen MR) is 111 cm³/mol. The predicted octanol–water partition coefficient (Wildman–Crippen LogP) is 3.50. The monoisotopic (exact) mass is 406 g/mol. The number of rotatable bonds is 2. The lowest BCUT2D eigenvalue weighted by molar-refractivity contribution is -0.126. The summed E-state index contributed by atoms with van der Waals surface area (Å²) in [5.41, 5.74) is 3.38. The molecule has 3 aromatic rings. The van der Waals surface area contributed by atoms with E-state index in [1.807, 2.05) is 37.3 Å². The van der Waals surface area contributed by atoms with E-state index in [1.54, 1.807) is 35.0 Å². The molecule has 29 heavy (non-hydrogen) atoms. The van der Waals surface area contributed by atoms with Gasteiger partial charge in [0.05, 0.1) is 12.7 Å². The van der Waals surface area contributed by atoms with Crippen molar-refractivity contribution in [3.63, 3.8) is 0 Å². The van der Waals surface area contributed by atoms with E-state index in [0.29, 0.717) is 22.9 Å². The van der Waals surface area contributed by atoms with Crippen LogP contribution in [0.3, 0.4) is 0 Å². The topological polar surface area (TPSA) is 67.2 Å². The minimum absolute atomic E-state index is 0.0345. The Kier molecular flexibility index (Phi) is 3.83. The maximum atomic E-state index is 13.4. The number of hydrogen-bond acceptors (Lipinski definition) is 3. The molecule has 146 valence electrons. The SMILES string of the molecule is Cc1ccc(Cn2ncc3c2NC(=O)C[C@@]32C(=O)N(C)c3ccc(Cl)cc32)cc1. The summed E-state index contributed by atoms with van der Waals surface area (Å²) in [6.07, 6.45) is 1.73. The number of carbonyl (C=O) groups is 2. The second kappa shape index (κ2) is 6.19. The van der Waals surface area contributed by atoms with Crippen molar-refractivity contribution in [3.8, 4) is 0 Å². The fourth-order valence-electron chi connectivity index (χ4n) is 4.41. The number of anilines is 2. The van der Waals surface area contributed by atoms with Crippen LogP contribution in [0.5, 0.6) is 0 Å². The number of nitrogens with one attached hydrogen (secondary N) is 1. The highest BCUT2D eigenvalue weighted by Gasteiger charge is 2.56. The Morgan fingerprint density at radius 3 is 2.66 bits per heavy atom. The van der Waals surface area contributed by atoms with Crippen LogP contribution in [0.1, 0.15) is 28.7 Å². The van der Waals surface area contributed by atoms with Crippen LogP contribution >= 0.6 is 11.6 Å². The summed E-state index contributed by atoms with van der Waals surface area (Å²) in [5, 5.41) is 7.99. The third kappa shape index (κ3) is 2.52. The fraction of sp³-hybridized carbons (Fsp3) is 0.227. The maximum Gasteiger partial charge on any atom is 0.242 e. The lowest BCUT2D eigenvalue weighted by Crippen LogP contribution is -2.45. The number of nitrogens with zero attached hydrogens (tertiary/aromatic N) is 3. The van der Waals surface area contributed by atoms with Crippen LogP contribution in [0.2, 0.25) is 5.02 Å². The second-order valence-electron chi connectivity index (χ2n) is 7.71. The molecule has 1 spiro atoms. The minimum atomic E-state index is -1.10. The number of aryl methyl sites for hydroxylation is 1. The van der Waals surface area contributed by atoms with Gasteiger partial charge in [-0.2, -0.15) is 5.10 Å². The maximum absolute atomic E-state index is 13.4. The van der Waals surface area contributed by atoms with Crippen molar-refractivity contribution >= 4 is 34.9 Å². The van der Waals surface area contributed by atoms with Crippen LogP contribution in [-0.4, -0.2) is 28.6 Å². The first-order chi connectivity index (χ1) is 13.9. The molecule has 0 saturated heterocycles. The molecule has 2 amide bonds. The van der Waals surface area contributed by atoms with Crippen LogP contribution in [0, 0.1) is 6.92 Å². The number of benzene rings is 2. The Morgan fingerprint density at radius 2 is 1.90 bits per heavy atom. The first kappa shape index (κ1) is 17.9. The molecule has 3 heterocycles. The number of hydrogen-bond donors (Lipinski definition) is 1. The molecule has 5 rings (SSSR count). The molecule has 0 saturated carbocycles. The van der Waals surface area contributed by atoms with Crippen LogP contribution < -0.4 is 10.2 Å². The highest BCUT2D eigenvalue weighted by Crippen LogP contribution is 2.52. The zero-order valence-corrected chi connectivity index (χ0v) is 16.8. The number of fused-ring (bicyclic) bond motifs is 4. The molecule has 0 aliphatic carbocycles. The van der Waals surface area contributed by atoms with Gasteiger partial charge in [-0.05, 0) is 36.2 Å². The highest BCUT2D eigenvalue weighted by atomic mass is 35.5. The van der Waals surface area contributed by atoms with Crippen molar-refractivity contribution in [1.82, 2.24) is 9.78 Å². The van der Waals surface area contributed by atoms with Gasteiger partial charge in [0, 0.05) is 29.7 Å². The van der Waals surface area contributed by atoms with E-state index in [2.05, 4.69) is 10.4 Å². The summed E-state index contributed by atoms with van der Waals surface area (Å²) in [6, 6.07) is 13.5. The molecule has 0 radical (unpaired) electrons. The number of aromatic nitrogens is 2. The van der Waals surface area contributed by atoms with E-state index in [-0.39, 0.29) is 18.2 Å². The molecule has 0 unspecified atom stereocenters. The Hall–Kier alpha value is -3.12. The van der Waals surface area contributed by atoms with Crippen LogP contribution in [0.4, 0.5) is 11.5 Å². The quantitative estimate of drug-likeness (QED) is 0.708. The smallest absolute Gasteiger partial charge is 0.242 e. The van der Waals surface area contributed by atoms with E-state index >= 15 is 0 Å². The van der Waals surface area contributed by atoms with E-state index in [4.69, 9.17) is 11.6 Å². The van der Waals surface area contributed by atoms with E-state index in [0.717, 1.165) is 16.8 Å². The van der Waals surface area contributed by atoms with Gasteiger partial charge < -0.3 is 10.2 Å². The summed E-state index contributed by atoms with van der Waals surface area (Å²) >= 11 is 6.26. The van der Waals surface area contributed by atoms with Gasteiger partial charge in [-0.1, -0.05) is 41.4 Å². The van der Waals surface area contributed by atoms with E-state index in [1.165, 1.54) is 5.56 Å². The highest BCUT2D eigenvalue weighted by molar-refractivity contribution is 6.31. The van der Waals surface area contributed by atoms with Gasteiger partial charge in [0.25, 0.3) is 0 Å². The Morgan fingerprint density at radius 1 is 1.14 bits per heavy atom. The second-order valence-corrected chi connectivity index (χ2v) is 8.14. The largest absolute Gasteiger partial charge is 0.314 e. The standard InChI is InChI=1S/C22H19ClN4O2/c1-13-3-5-14(6-4-13)12-27-20-17(11-24-27)22(10-19(28)25-20)16-9-15(23)7-8-18(16)26(2)21(22)29/h3-9,11H,10,12H2,1-2H3,(H,25,28)/t22-/m0/s1. The van der Waals surface area contributed by atoms with Crippen LogP contribution in [0.15, 0.2) is 48.7 Å². The zero-order chi connectivity index (χ0) is 20.3. The molecule has 2 aromatic carbocycles. The average molecular weight is 407 g/mol. The molecule has 2 aliphatic rings. The number of halogens is 1. The molecule has 1 atom stereocenters. The first-order valence-corrected chi connectivity index (χ1v) is 9.78.